The van der Waals surface area contributed by atoms with Crippen LogP contribution in [0.15, 0.2) is 77.9 Å². The van der Waals surface area contributed by atoms with Crippen molar-refractivity contribution in [3.8, 4) is 11.5 Å². The molecule has 3 aliphatic rings. The molecule has 3 aliphatic heterocycles. The fourth-order valence-electron chi connectivity index (χ4n) is 4.64. The third kappa shape index (κ3) is 4.68. The molecule has 0 aliphatic carbocycles. The first-order chi connectivity index (χ1) is 17.9. The minimum absolute atomic E-state index is 0.0436. The Balaban J connectivity index is 1.23. The number of thioether (sulfide) groups is 1. The van der Waals surface area contributed by atoms with Gasteiger partial charge in [0.1, 0.15) is 16.7 Å². The lowest BCUT2D eigenvalue weighted by Crippen LogP contribution is -2.33. The Kier molecular flexibility index (Phi) is 6.10. The summed E-state index contributed by atoms with van der Waals surface area (Å²) in [4.78, 5) is 35.3. The summed E-state index contributed by atoms with van der Waals surface area (Å²) >= 11 is 7.10. The maximum absolute atomic E-state index is 12.3. The quantitative estimate of drug-likeness (QED) is 0.354. The molecule has 37 heavy (non-hydrogen) atoms. The zero-order valence-electron chi connectivity index (χ0n) is 19.3. The predicted molar refractivity (Wildman–Crippen MR) is 139 cm³/mol. The van der Waals surface area contributed by atoms with Gasteiger partial charge in [0.2, 0.25) is 12.1 Å². The van der Waals surface area contributed by atoms with Gasteiger partial charge in [0.15, 0.2) is 0 Å². The molecule has 8 nitrogen and oxygen atoms in total. The average Bonchev–Trinajstić information content (AvgIpc) is 3.48. The van der Waals surface area contributed by atoms with Crippen LogP contribution in [0.4, 0.5) is 4.79 Å². The van der Waals surface area contributed by atoms with Crippen LogP contribution in [0, 0.1) is 0 Å². The second-order valence-electron chi connectivity index (χ2n) is 8.80. The largest absolute Gasteiger partial charge is 0.464 e. The average molecular weight is 534 g/mol. The van der Waals surface area contributed by atoms with Crippen molar-refractivity contribution >= 4 is 46.2 Å². The van der Waals surface area contributed by atoms with E-state index in [1.54, 1.807) is 18.2 Å². The van der Waals surface area contributed by atoms with E-state index in [0.29, 0.717) is 17.2 Å². The monoisotopic (exact) mass is 533 g/mol. The van der Waals surface area contributed by atoms with Gasteiger partial charge in [-0.3, -0.25) is 19.7 Å². The molecule has 6 rings (SSSR count). The number of hydrogen-bond acceptors (Lipinski definition) is 8. The number of rotatable bonds is 5. The lowest BCUT2D eigenvalue weighted by Gasteiger charge is -2.38. The van der Waals surface area contributed by atoms with E-state index in [9.17, 15) is 14.4 Å². The molecule has 2 amide bonds. The fourth-order valence-corrected chi connectivity index (χ4v) is 5.62. The topological polar surface area (TPSA) is 97.3 Å². The van der Waals surface area contributed by atoms with Gasteiger partial charge in [-0.25, -0.2) is 5.01 Å². The highest BCUT2D eigenvalue weighted by Crippen LogP contribution is 2.48. The SMILES string of the molecule is O=C(C[C@H]1SC(=O)NC1=O)Oc1ccc([C@H]2Oc3ccc(Cl)cc3[C@@H]3CC(c4ccccc4)=NN23)cc1. The summed E-state index contributed by atoms with van der Waals surface area (Å²) in [7, 11) is 0. The zero-order chi connectivity index (χ0) is 25.5. The van der Waals surface area contributed by atoms with Gasteiger partial charge >= 0.3 is 5.97 Å². The molecule has 3 heterocycles. The van der Waals surface area contributed by atoms with Crippen molar-refractivity contribution < 1.29 is 23.9 Å². The van der Waals surface area contributed by atoms with Crippen LogP contribution in [-0.4, -0.2) is 33.1 Å². The summed E-state index contributed by atoms with van der Waals surface area (Å²) in [5, 5.41) is 8.46. The molecule has 0 aromatic heterocycles. The Bertz CT molecular complexity index is 1430. The van der Waals surface area contributed by atoms with Crippen LogP contribution < -0.4 is 14.8 Å². The van der Waals surface area contributed by atoms with Gasteiger partial charge in [-0.15, -0.1) is 0 Å². The molecule has 3 atom stereocenters. The van der Waals surface area contributed by atoms with Gasteiger partial charge in [-0.2, -0.15) is 5.10 Å². The van der Waals surface area contributed by atoms with Crippen LogP contribution in [0.3, 0.4) is 0 Å². The molecule has 3 aromatic carbocycles. The summed E-state index contributed by atoms with van der Waals surface area (Å²) < 4.78 is 11.8. The van der Waals surface area contributed by atoms with Crippen molar-refractivity contribution in [2.24, 2.45) is 5.10 Å². The third-order valence-corrected chi connectivity index (χ3v) is 7.59. The first-order valence-electron chi connectivity index (χ1n) is 11.6. The summed E-state index contributed by atoms with van der Waals surface area (Å²) in [5.74, 6) is 0.0101. The molecule has 1 fully saturated rings. The van der Waals surface area contributed by atoms with E-state index in [-0.39, 0.29) is 12.5 Å². The van der Waals surface area contributed by atoms with E-state index in [2.05, 4.69) is 5.32 Å². The normalized spacial score (nSPS) is 22.0. The third-order valence-electron chi connectivity index (χ3n) is 6.37. The van der Waals surface area contributed by atoms with Crippen LogP contribution in [0.5, 0.6) is 11.5 Å². The lowest BCUT2D eigenvalue weighted by atomic mass is 9.96. The molecule has 1 saturated heterocycles. The Morgan fingerprint density at radius 2 is 1.89 bits per heavy atom. The molecular formula is C27H20ClN3O5S. The molecule has 0 bridgehead atoms. The zero-order valence-corrected chi connectivity index (χ0v) is 20.9. The van der Waals surface area contributed by atoms with E-state index in [4.69, 9.17) is 26.2 Å². The molecular weight excluding hydrogens is 514 g/mol. The number of amides is 2. The molecule has 10 heteroatoms. The number of benzene rings is 3. The smallest absolute Gasteiger partial charge is 0.312 e. The Morgan fingerprint density at radius 3 is 2.62 bits per heavy atom. The maximum atomic E-state index is 12.3. The number of hydrazone groups is 1. The van der Waals surface area contributed by atoms with Crippen LogP contribution >= 0.6 is 23.4 Å². The van der Waals surface area contributed by atoms with Gasteiger partial charge < -0.3 is 9.47 Å². The number of halogens is 1. The summed E-state index contributed by atoms with van der Waals surface area (Å²) in [6.07, 6.45) is 0.0261. The highest BCUT2D eigenvalue weighted by Gasteiger charge is 2.41. The first-order valence-corrected chi connectivity index (χ1v) is 12.9. The molecule has 0 spiro atoms. The van der Waals surface area contributed by atoms with Crippen molar-refractivity contribution in [3.63, 3.8) is 0 Å². The molecule has 3 aromatic rings. The Labute approximate surface area is 221 Å². The van der Waals surface area contributed by atoms with Gasteiger partial charge in [0, 0.05) is 22.6 Å². The highest BCUT2D eigenvalue weighted by atomic mass is 35.5. The van der Waals surface area contributed by atoms with Crippen molar-refractivity contribution in [2.75, 3.05) is 0 Å². The summed E-state index contributed by atoms with van der Waals surface area (Å²) in [6, 6.07) is 22.6. The van der Waals surface area contributed by atoms with E-state index in [1.807, 2.05) is 59.6 Å². The number of carbonyl (C=O) groups is 3. The number of hydrogen-bond donors (Lipinski definition) is 1. The molecule has 1 N–H and O–H groups in total. The van der Waals surface area contributed by atoms with Crippen molar-refractivity contribution in [1.29, 1.82) is 0 Å². The minimum atomic E-state index is -0.771. The Morgan fingerprint density at radius 1 is 1.11 bits per heavy atom. The maximum Gasteiger partial charge on any atom is 0.312 e. The fraction of sp³-hybridized carbons (Fsp3) is 0.185. The number of esters is 1. The van der Waals surface area contributed by atoms with Crippen LogP contribution in [0.2, 0.25) is 5.02 Å². The molecule has 186 valence electrons. The van der Waals surface area contributed by atoms with Crippen molar-refractivity contribution in [3.05, 3.63) is 94.5 Å². The van der Waals surface area contributed by atoms with Crippen LogP contribution in [0.25, 0.3) is 0 Å². The predicted octanol–water partition coefficient (Wildman–Crippen LogP) is 5.23. The summed E-state index contributed by atoms with van der Waals surface area (Å²) in [6.45, 7) is 0. The van der Waals surface area contributed by atoms with Gasteiger partial charge in [0.25, 0.3) is 5.24 Å². The van der Waals surface area contributed by atoms with E-state index < -0.39 is 28.6 Å². The standard InChI is InChI=1S/C27H20ClN3O5S/c28-17-8-11-22-19(12-17)21-13-20(15-4-2-1-3-5-15)30-31(21)26(36-22)16-6-9-18(10-7-16)35-24(32)14-23-25(33)29-27(34)37-23/h1-12,21,23,26H,13-14H2,(H,29,33,34)/t21-,23+,26+/m0/s1. The lowest BCUT2D eigenvalue weighted by molar-refractivity contribution is -0.135. The minimum Gasteiger partial charge on any atom is -0.464 e. The first kappa shape index (κ1) is 23.6. The number of carbonyl (C=O) groups excluding carboxylic acids is 3. The number of ether oxygens (including phenoxy) is 2. The molecule has 0 radical (unpaired) electrons. The van der Waals surface area contributed by atoms with Gasteiger partial charge in [-0.05, 0) is 48.0 Å². The van der Waals surface area contributed by atoms with Crippen molar-refractivity contribution in [2.45, 2.75) is 30.4 Å². The summed E-state index contributed by atoms with van der Waals surface area (Å²) in [5.41, 5.74) is 3.83. The number of nitrogens with zero attached hydrogens (tertiary/aromatic N) is 2. The van der Waals surface area contributed by atoms with E-state index in [1.165, 1.54) is 0 Å². The van der Waals surface area contributed by atoms with E-state index in [0.717, 1.165) is 39.9 Å². The number of nitrogens with one attached hydrogen (secondary N) is 1. The van der Waals surface area contributed by atoms with Crippen LogP contribution in [0.1, 0.15) is 41.8 Å². The number of fused-ring (bicyclic) bond motifs is 3. The molecule has 0 unspecified atom stereocenters. The second kappa shape index (κ2) is 9.57. The number of imide groups is 1. The van der Waals surface area contributed by atoms with Gasteiger partial charge in [0.05, 0.1) is 18.2 Å². The molecule has 0 saturated carbocycles. The van der Waals surface area contributed by atoms with Gasteiger partial charge in [-0.1, -0.05) is 53.7 Å². The van der Waals surface area contributed by atoms with Crippen LogP contribution in [-0.2, 0) is 9.59 Å². The second-order valence-corrected chi connectivity index (χ2v) is 10.4. The highest BCUT2D eigenvalue weighted by molar-refractivity contribution is 8.15. The Hall–Kier alpha value is -3.82. The van der Waals surface area contributed by atoms with Crippen molar-refractivity contribution in [1.82, 2.24) is 10.3 Å². The van der Waals surface area contributed by atoms with E-state index >= 15 is 0 Å².